The highest BCUT2D eigenvalue weighted by Gasteiger charge is 2.40. The maximum atomic E-state index is 13.8. The van der Waals surface area contributed by atoms with Crippen molar-refractivity contribution in [1.82, 2.24) is 24.9 Å². The maximum absolute atomic E-state index is 13.8. The van der Waals surface area contributed by atoms with E-state index in [9.17, 15) is 23.6 Å². The lowest BCUT2D eigenvalue weighted by Gasteiger charge is -2.44. The Bertz CT molecular complexity index is 1110. The van der Waals surface area contributed by atoms with E-state index >= 15 is 0 Å². The zero-order valence-electron chi connectivity index (χ0n) is 24.2. The van der Waals surface area contributed by atoms with Gasteiger partial charge in [-0.3, -0.25) is 24.1 Å². The average molecular weight is 588 g/mol. The Morgan fingerprint density at radius 1 is 0.810 bits per heavy atom. The average Bonchev–Trinajstić information content (AvgIpc) is 3.55. The van der Waals surface area contributed by atoms with E-state index in [0.29, 0.717) is 70.3 Å². The molecule has 1 aromatic rings. The largest absolute Gasteiger partial charge is 0.377 e. The van der Waals surface area contributed by atoms with Crippen LogP contribution >= 0.6 is 0 Å². The highest BCUT2D eigenvalue weighted by atomic mass is 19.1. The fourth-order valence-corrected chi connectivity index (χ4v) is 6.57. The molecule has 4 fully saturated rings. The molecule has 1 saturated carbocycles. The molecule has 0 unspecified atom stereocenters. The Morgan fingerprint density at radius 3 is 2.26 bits per heavy atom. The van der Waals surface area contributed by atoms with Gasteiger partial charge in [-0.05, 0) is 49.9 Å². The Balaban J connectivity index is 1.28. The second kappa shape index (κ2) is 14.4. The molecule has 0 bridgehead atoms. The molecule has 230 valence electrons. The number of rotatable bonds is 3. The van der Waals surface area contributed by atoms with Crippen molar-refractivity contribution in [2.45, 2.75) is 56.7 Å². The monoisotopic (exact) mass is 587 g/mol. The molecule has 3 aliphatic heterocycles. The lowest BCUT2D eigenvalue weighted by Crippen LogP contribution is -2.64. The summed E-state index contributed by atoms with van der Waals surface area (Å²) in [5, 5.41) is 2.93. The van der Waals surface area contributed by atoms with Crippen LogP contribution in [0.2, 0.25) is 0 Å². The van der Waals surface area contributed by atoms with Gasteiger partial charge in [0.15, 0.2) is 0 Å². The summed E-state index contributed by atoms with van der Waals surface area (Å²) in [4.78, 5) is 60.7. The number of likely N-dealkylation sites (tertiary alicyclic amines) is 1. The van der Waals surface area contributed by atoms with Crippen molar-refractivity contribution in [3.05, 3.63) is 35.6 Å². The molecule has 0 aromatic heterocycles. The smallest absolute Gasteiger partial charge is 0.253 e. The summed E-state index contributed by atoms with van der Waals surface area (Å²) in [5.74, 6) is -1.35. The molecule has 3 saturated heterocycles. The van der Waals surface area contributed by atoms with Gasteiger partial charge in [-0.25, -0.2) is 4.39 Å². The van der Waals surface area contributed by atoms with Crippen LogP contribution in [0.4, 0.5) is 4.39 Å². The SMILES string of the molecule is O=C1NCCOCCOCC(=O)N(C2CCN(C(=O)c3ccc(F)cc3)CC2)CC(=O)N2CCN(C3CCCC3)C[C@@H]12. The molecule has 12 heteroatoms. The number of piperidine rings is 1. The summed E-state index contributed by atoms with van der Waals surface area (Å²) in [6.45, 7) is 3.23. The van der Waals surface area contributed by atoms with Gasteiger partial charge in [-0.2, -0.15) is 0 Å². The number of carbonyl (C=O) groups is 4. The zero-order chi connectivity index (χ0) is 29.5. The third kappa shape index (κ3) is 7.45. The number of halogens is 1. The second-order valence-corrected chi connectivity index (χ2v) is 11.5. The van der Waals surface area contributed by atoms with E-state index in [2.05, 4.69) is 10.2 Å². The topological polar surface area (TPSA) is 112 Å². The summed E-state index contributed by atoms with van der Waals surface area (Å²) in [5.41, 5.74) is 0.409. The van der Waals surface area contributed by atoms with Gasteiger partial charge in [0, 0.05) is 56.9 Å². The Kier molecular flexibility index (Phi) is 10.4. The van der Waals surface area contributed by atoms with Crippen LogP contribution < -0.4 is 5.32 Å². The van der Waals surface area contributed by atoms with Crippen molar-refractivity contribution in [2.24, 2.45) is 0 Å². The Hall–Kier alpha value is -3.09. The summed E-state index contributed by atoms with van der Waals surface area (Å²) >= 11 is 0. The van der Waals surface area contributed by atoms with Gasteiger partial charge in [0.1, 0.15) is 25.0 Å². The van der Waals surface area contributed by atoms with Crippen LogP contribution in [0.25, 0.3) is 0 Å². The summed E-state index contributed by atoms with van der Waals surface area (Å²) < 4.78 is 24.5. The quantitative estimate of drug-likeness (QED) is 0.559. The fraction of sp³-hybridized carbons (Fsp3) is 0.667. The van der Waals surface area contributed by atoms with Gasteiger partial charge in [0.25, 0.3) is 5.91 Å². The fourth-order valence-electron chi connectivity index (χ4n) is 6.57. The molecule has 11 nitrogen and oxygen atoms in total. The van der Waals surface area contributed by atoms with Crippen LogP contribution in [0.1, 0.15) is 48.9 Å². The van der Waals surface area contributed by atoms with E-state index in [1.54, 1.807) is 14.7 Å². The Labute approximate surface area is 246 Å². The van der Waals surface area contributed by atoms with E-state index in [0.717, 1.165) is 12.8 Å². The molecule has 3 heterocycles. The predicted molar refractivity (Wildman–Crippen MR) is 151 cm³/mol. The summed E-state index contributed by atoms with van der Waals surface area (Å²) in [6.07, 6.45) is 5.58. The van der Waals surface area contributed by atoms with Crippen molar-refractivity contribution >= 4 is 23.6 Å². The minimum Gasteiger partial charge on any atom is -0.377 e. The van der Waals surface area contributed by atoms with Gasteiger partial charge in [-0.1, -0.05) is 12.8 Å². The molecule has 1 aromatic carbocycles. The minimum absolute atomic E-state index is 0.150. The first-order valence-corrected chi connectivity index (χ1v) is 15.2. The number of fused-ring (bicyclic) bond motifs is 1. The van der Waals surface area contributed by atoms with Crippen LogP contribution in [0, 0.1) is 5.82 Å². The number of carbonyl (C=O) groups excluding carboxylic acids is 4. The van der Waals surface area contributed by atoms with Gasteiger partial charge >= 0.3 is 0 Å². The van der Waals surface area contributed by atoms with Crippen LogP contribution in [0.5, 0.6) is 0 Å². The highest BCUT2D eigenvalue weighted by Crippen LogP contribution is 2.26. The van der Waals surface area contributed by atoms with E-state index in [1.165, 1.54) is 37.1 Å². The van der Waals surface area contributed by atoms with Crippen molar-refractivity contribution in [2.75, 3.05) is 72.2 Å². The zero-order valence-corrected chi connectivity index (χ0v) is 24.2. The lowest BCUT2D eigenvalue weighted by molar-refractivity contribution is -0.151. The summed E-state index contributed by atoms with van der Waals surface area (Å²) in [6, 6.07) is 5.00. The van der Waals surface area contributed by atoms with Crippen molar-refractivity contribution in [1.29, 1.82) is 0 Å². The second-order valence-electron chi connectivity index (χ2n) is 11.5. The first kappa shape index (κ1) is 30.4. The number of piperazine rings is 1. The van der Waals surface area contributed by atoms with Gasteiger partial charge in [-0.15, -0.1) is 0 Å². The number of ether oxygens (including phenoxy) is 2. The molecule has 4 aliphatic rings. The number of hydrogen-bond acceptors (Lipinski definition) is 7. The van der Waals surface area contributed by atoms with E-state index < -0.39 is 11.9 Å². The first-order valence-electron chi connectivity index (χ1n) is 15.2. The lowest BCUT2D eigenvalue weighted by atomic mass is 10.0. The molecule has 5 rings (SSSR count). The molecular formula is C30H42FN5O6. The number of hydrogen-bond donors (Lipinski definition) is 1. The molecule has 4 amide bonds. The summed E-state index contributed by atoms with van der Waals surface area (Å²) in [7, 11) is 0. The normalized spacial score (nSPS) is 25.1. The van der Waals surface area contributed by atoms with Crippen LogP contribution in [-0.2, 0) is 23.9 Å². The van der Waals surface area contributed by atoms with Crippen molar-refractivity contribution in [3.8, 4) is 0 Å². The Morgan fingerprint density at radius 2 is 1.52 bits per heavy atom. The van der Waals surface area contributed by atoms with Crippen LogP contribution in [0.3, 0.4) is 0 Å². The number of amides is 4. The van der Waals surface area contributed by atoms with Crippen molar-refractivity contribution < 1.29 is 33.0 Å². The minimum atomic E-state index is -0.639. The molecule has 42 heavy (non-hydrogen) atoms. The molecule has 1 aliphatic carbocycles. The maximum Gasteiger partial charge on any atom is 0.253 e. The van der Waals surface area contributed by atoms with Gasteiger partial charge in [0.05, 0.1) is 19.8 Å². The molecule has 1 atom stereocenters. The molecular weight excluding hydrogens is 545 g/mol. The van der Waals surface area contributed by atoms with Crippen LogP contribution in [0.15, 0.2) is 24.3 Å². The number of nitrogens with zero attached hydrogens (tertiary/aromatic N) is 4. The van der Waals surface area contributed by atoms with E-state index in [4.69, 9.17) is 9.47 Å². The van der Waals surface area contributed by atoms with Gasteiger partial charge < -0.3 is 29.5 Å². The highest BCUT2D eigenvalue weighted by molar-refractivity contribution is 5.94. The van der Waals surface area contributed by atoms with Crippen LogP contribution in [-0.4, -0.2) is 134 Å². The standard InChI is InChI=1S/C30H42FN5O6/c31-23-7-5-22(6-8-23)30(40)33-12-9-25(10-13-33)36-20-27(37)35-15-14-34(24-3-1-2-4-24)19-26(35)29(39)32-11-16-41-17-18-42-21-28(36)38/h5-8,24-26H,1-4,9-21H2,(H,32,39)/t26-/m0/s1. The predicted octanol–water partition coefficient (Wildman–Crippen LogP) is 0.877. The third-order valence-corrected chi connectivity index (χ3v) is 8.93. The molecule has 0 spiro atoms. The van der Waals surface area contributed by atoms with Crippen molar-refractivity contribution in [3.63, 3.8) is 0 Å². The number of benzene rings is 1. The molecule has 1 N–H and O–H groups in total. The number of nitrogens with one attached hydrogen (secondary N) is 1. The third-order valence-electron chi connectivity index (χ3n) is 8.93. The first-order chi connectivity index (χ1) is 20.4. The van der Waals surface area contributed by atoms with Gasteiger partial charge in [0.2, 0.25) is 17.7 Å². The van der Waals surface area contributed by atoms with E-state index in [-0.39, 0.29) is 56.0 Å². The molecule has 0 radical (unpaired) electrons. The van der Waals surface area contributed by atoms with E-state index in [1.807, 2.05) is 0 Å².